The molecule has 1 amide bonds. The molecule has 0 bridgehead atoms. The van der Waals surface area contributed by atoms with Gasteiger partial charge in [-0.1, -0.05) is 13.8 Å². The fourth-order valence-electron chi connectivity index (χ4n) is 5.50. The van der Waals surface area contributed by atoms with Crippen LogP contribution in [0.2, 0.25) is 0 Å². The summed E-state index contributed by atoms with van der Waals surface area (Å²) in [4.78, 5) is 27.8. The van der Waals surface area contributed by atoms with Crippen molar-refractivity contribution in [2.45, 2.75) is 57.4 Å². The van der Waals surface area contributed by atoms with Crippen LogP contribution >= 0.6 is 11.6 Å². The predicted octanol–water partition coefficient (Wildman–Crippen LogP) is 2.79. The quantitative estimate of drug-likeness (QED) is 0.557. The van der Waals surface area contributed by atoms with Crippen LogP contribution in [0.5, 0.6) is 0 Å². The van der Waals surface area contributed by atoms with E-state index in [2.05, 4.69) is 44.2 Å². The average molecular weight is 478 g/mol. The van der Waals surface area contributed by atoms with Crippen LogP contribution in [0.4, 0.5) is 17.3 Å². The molecule has 1 saturated carbocycles. The van der Waals surface area contributed by atoms with Gasteiger partial charge in [-0.05, 0) is 50.5 Å². The number of alkyl halides is 1. The first-order valence-electron chi connectivity index (χ1n) is 12.6. The van der Waals surface area contributed by atoms with Crippen molar-refractivity contribution in [3.8, 4) is 0 Å². The topological polar surface area (TPSA) is 76.6 Å². The Labute approximate surface area is 203 Å². The van der Waals surface area contributed by atoms with Crippen molar-refractivity contribution >= 4 is 34.8 Å². The Morgan fingerprint density at radius 2 is 1.88 bits per heavy atom. The van der Waals surface area contributed by atoms with Crippen molar-refractivity contribution in [2.75, 3.05) is 68.0 Å². The maximum Gasteiger partial charge on any atom is 0.246 e. The summed E-state index contributed by atoms with van der Waals surface area (Å²) in [5, 5.41) is 7.12. The monoisotopic (exact) mass is 477 g/mol. The Morgan fingerprint density at radius 3 is 2.58 bits per heavy atom. The molecule has 4 rings (SSSR count). The van der Waals surface area contributed by atoms with E-state index in [1.54, 1.807) is 11.2 Å². The van der Waals surface area contributed by atoms with Gasteiger partial charge < -0.3 is 20.4 Å². The van der Waals surface area contributed by atoms with E-state index < -0.39 is 0 Å². The van der Waals surface area contributed by atoms with Gasteiger partial charge in [0.05, 0.1) is 6.54 Å². The third kappa shape index (κ3) is 6.08. The first-order valence-corrected chi connectivity index (χ1v) is 13.1. The van der Waals surface area contributed by atoms with Crippen LogP contribution < -0.4 is 20.4 Å². The van der Waals surface area contributed by atoms with E-state index in [9.17, 15) is 4.79 Å². The molecule has 1 saturated heterocycles. The zero-order valence-corrected chi connectivity index (χ0v) is 21.2. The highest BCUT2D eigenvalue weighted by molar-refractivity contribution is 6.20. The van der Waals surface area contributed by atoms with Gasteiger partial charge >= 0.3 is 0 Å². The lowest BCUT2D eigenvalue weighted by Crippen LogP contribution is -2.50. The molecule has 2 aliphatic heterocycles. The molecule has 0 unspecified atom stereocenters. The van der Waals surface area contributed by atoms with Crippen LogP contribution in [0.1, 0.15) is 46.0 Å². The largest absolute Gasteiger partial charge is 0.359 e. The van der Waals surface area contributed by atoms with Crippen LogP contribution in [0, 0.1) is 11.8 Å². The number of likely N-dealkylation sites (N-methyl/N-ethyl adjacent to an activating group) is 1. The van der Waals surface area contributed by atoms with Crippen LogP contribution in [0.3, 0.4) is 0 Å². The highest BCUT2D eigenvalue weighted by atomic mass is 35.5. The molecule has 1 aliphatic carbocycles. The minimum atomic E-state index is 0.0432. The minimum absolute atomic E-state index is 0.0432. The molecular weight excluding hydrogens is 438 g/mol. The number of nitrogens with one attached hydrogen (secondary N) is 2. The number of rotatable bonds is 8. The number of amides is 1. The molecule has 0 spiro atoms. The number of nitrogens with zero attached hydrogens (tertiary/aromatic N) is 5. The first-order chi connectivity index (χ1) is 15.9. The van der Waals surface area contributed by atoms with Gasteiger partial charge in [0, 0.05) is 51.2 Å². The van der Waals surface area contributed by atoms with E-state index in [0.29, 0.717) is 17.3 Å². The average Bonchev–Trinajstić information content (AvgIpc) is 2.81. The first kappa shape index (κ1) is 24.5. The van der Waals surface area contributed by atoms with Crippen molar-refractivity contribution in [3.63, 3.8) is 0 Å². The highest BCUT2D eigenvalue weighted by Gasteiger charge is 2.32. The minimum Gasteiger partial charge on any atom is -0.359 e. The molecule has 33 heavy (non-hydrogen) atoms. The molecule has 9 heteroatoms. The summed E-state index contributed by atoms with van der Waals surface area (Å²) in [5.74, 6) is 3.15. The second-order valence-electron chi connectivity index (χ2n) is 10.2. The Kier molecular flexibility index (Phi) is 8.30. The lowest BCUT2D eigenvalue weighted by atomic mass is 9.78. The molecule has 8 nitrogen and oxygen atoms in total. The van der Waals surface area contributed by atoms with Gasteiger partial charge in [-0.15, -0.1) is 11.6 Å². The number of carbonyl (C=O) groups excluding carboxylic acids is 1. The van der Waals surface area contributed by atoms with E-state index in [1.165, 1.54) is 19.3 Å². The van der Waals surface area contributed by atoms with Crippen LogP contribution in [-0.2, 0) is 4.79 Å². The van der Waals surface area contributed by atoms with Gasteiger partial charge in [0.15, 0.2) is 11.6 Å². The molecule has 184 valence electrons. The lowest BCUT2D eigenvalue weighted by Gasteiger charge is -2.41. The Morgan fingerprint density at radius 1 is 1.15 bits per heavy atom. The maximum absolute atomic E-state index is 12.2. The van der Waals surface area contributed by atoms with Crippen LogP contribution in [0.25, 0.3) is 0 Å². The summed E-state index contributed by atoms with van der Waals surface area (Å²) in [5.41, 5.74) is 0.803. The summed E-state index contributed by atoms with van der Waals surface area (Å²) in [7, 11) is 1.82. The number of fused-ring (bicyclic) bond motifs is 1. The molecule has 1 aromatic rings. The molecular formula is C24H40ClN7O. The number of hydrogen-bond acceptors (Lipinski definition) is 7. The fourth-order valence-corrected chi connectivity index (χ4v) is 5.75. The Hall–Kier alpha value is -1.64. The van der Waals surface area contributed by atoms with Gasteiger partial charge in [0.25, 0.3) is 0 Å². The molecule has 3 aliphatic rings. The fraction of sp³-hybridized carbons (Fsp3) is 0.792. The molecule has 0 radical (unpaired) electrons. The van der Waals surface area contributed by atoms with Crippen molar-refractivity contribution in [3.05, 3.63) is 6.33 Å². The van der Waals surface area contributed by atoms with Crippen molar-refractivity contribution < 1.29 is 4.79 Å². The van der Waals surface area contributed by atoms with E-state index in [-0.39, 0.29) is 12.5 Å². The van der Waals surface area contributed by atoms with Crippen LogP contribution in [0.15, 0.2) is 6.33 Å². The summed E-state index contributed by atoms with van der Waals surface area (Å²) < 4.78 is 0. The van der Waals surface area contributed by atoms with Crippen molar-refractivity contribution in [2.24, 2.45) is 11.8 Å². The normalized spacial score (nSPS) is 25.2. The van der Waals surface area contributed by atoms with Gasteiger partial charge in [-0.2, -0.15) is 0 Å². The molecule has 2 fully saturated rings. The van der Waals surface area contributed by atoms with Gasteiger partial charge in [0.1, 0.15) is 12.0 Å². The third-order valence-corrected chi connectivity index (χ3v) is 7.96. The SMILES string of the molecule is CC(C)NCC[C@@H](CN1CCN(c2ncnc3c2N(C)C(=O)CN3)CC1)C1CCC(Cl)CC1. The van der Waals surface area contributed by atoms with E-state index in [1.807, 2.05) is 7.05 Å². The molecule has 2 N–H and O–H groups in total. The standard InChI is InChI=1S/C24H40ClN7O/c1-17(2)26-9-8-19(18-4-6-20(25)7-5-18)15-31-10-12-32(13-11-31)24-22-23(28-16-29-24)27-14-21(33)30(22)3/h16-20,26H,4-15H2,1-3H3,(H,27,28,29)/t18?,19-,20?/m0/s1. The summed E-state index contributed by atoms with van der Waals surface area (Å²) >= 11 is 6.40. The third-order valence-electron chi connectivity index (χ3n) is 7.52. The van der Waals surface area contributed by atoms with Crippen LogP contribution in [-0.4, -0.2) is 85.1 Å². The Bertz CT molecular complexity index is 791. The summed E-state index contributed by atoms with van der Waals surface area (Å²) in [6.45, 7) is 10.8. The van der Waals surface area contributed by atoms with Crippen molar-refractivity contribution in [1.82, 2.24) is 20.2 Å². The number of hydrogen-bond donors (Lipinski definition) is 2. The van der Waals surface area contributed by atoms with Gasteiger partial charge in [0.2, 0.25) is 5.91 Å². The van der Waals surface area contributed by atoms with E-state index in [4.69, 9.17) is 11.6 Å². The predicted molar refractivity (Wildman–Crippen MR) is 135 cm³/mol. The molecule has 3 heterocycles. The van der Waals surface area contributed by atoms with E-state index in [0.717, 1.165) is 75.4 Å². The molecule has 1 aromatic heterocycles. The van der Waals surface area contributed by atoms with E-state index >= 15 is 0 Å². The molecule has 0 aromatic carbocycles. The van der Waals surface area contributed by atoms with Gasteiger partial charge in [-0.3, -0.25) is 9.69 Å². The molecule has 1 atom stereocenters. The van der Waals surface area contributed by atoms with Crippen molar-refractivity contribution in [1.29, 1.82) is 0 Å². The summed E-state index contributed by atoms with van der Waals surface area (Å²) in [6.07, 6.45) is 7.68. The second kappa shape index (κ2) is 11.2. The zero-order chi connectivity index (χ0) is 23.4. The number of halogens is 1. The van der Waals surface area contributed by atoms with Gasteiger partial charge in [-0.25, -0.2) is 9.97 Å². The highest BCUT2D eigenvalue weighted by Crippen LogP contribution is 2.36. The number of anilines is 3. The second-order valence-corrected chi connectivity index (χ2v) is 10.8. The summed E-state index contributed by atoms with van der Waals surface area (Å²) in [6, 6.07) is 0.533. The maximum atomic E-state index is 12.2. The smallest absolute Gasteiger partial charge is 0.246 e. The number of aromatic nitrogens is 2. The lowest BCUT2D eigenvalue weighted by molar-refractivity contribution is -0.116. The number of piperazine rings is 1. The zero-order valence-electron chi connectivity index (χ0n) is 20.4. The number of carbonyl (C=O) groups is 1. The Balaban J connectivity index is 1.37.